The number of anilines is 1. The van der Waals surface area contributed by atoms with Gasteiger partial charge in [0.05, 0.1) is 17.4 Å². The number of carboxylic acids is 1. The topological polar surface area (TPSA) is 104 Å². The van der Waals surface area contributed by atoms with E-state index >= 15 is 0 Å². The summed E-state index contributed by atoms with van der Waals surface area (Å²) >= 11 is 1.31. The van der Waals surface area contributed by atoms with Crippen LogP contribution in [0.3, 0.4) is 0 Å². The molecule has 0 bridgehead atoms. The summed E-state index contributed by atoms with van der Waals surface area (Å²) in [6, 6.07) is 15.0. The van der Waals surface area contributed by atoms with Crippen molar-refractivity contribution in [2.24, 2.45) is 0 Å². The molecule has 0 fully saturated rings. The summed E-state index contributed by atoms with van der Waals surface area (Å²) in [6.45, 7) is 0.591. The molecule has 3 N–H and O–H groups in total. The van der Waals surface area contributed by atoms with Crippen LogP contribution in [0.5, 0.6) is 17.2 Å². The molecular formula is C23H20N2O5S. The van der Waals surface area contributed by atoms with Gasteiger partial charge in [0, 0.05) is 28.8 Å². The molecule has 0 amide bonds. The van der Waals surface area contributed by atoms with Crippen molar-refractivity contribution in [2.45, 2.75) is 13.2 Å². The van der Waals surface area contributed by atoms with Crippen molar-refractivity contribution < 1.29 is 24.1 Å². The van der Waals surface area contributed by atoms with Crippen LogP contribution < -0.4 is 19.9 Å². The molecule has 0 saturated carbocycles. The van der Waals surface area contributed by atoms with Gasteiger partial charge in [0.25, 0.3) is 0 Å². The molecule has 0 atom stereocenters. The molecular weight excluding hydrogens is 416 g/mol. The molecule has 0 unspecified atom stereocenters. The van der Waals surface area contributed by atoms with E-state index in [2.05, 4.69) is 4.98 Å². The quantitative estimate of drug-likeness (QED) is 0.411. The van der Waals surface area contributed by atoms with Crippen molar-refractivity contribution in [1.29, 1.82) is 0 Å². The number of nitrogens with zero attached hydrogens (tertiary/aromatic N) is 1. The van der Waals surface area contributed by atoms with E-state index in [1.807, 2.05) is 47.8 Å². The van der Waals surface area contributed by atoms with Gasteiger partial charge in [-0.25, -0.2) is 9.78 Å². The Hall–Kier alpha value is -3.78. The van der Waals surface area contributed by atoms with Gasteiger partial charge in [-0.1, -0.05) is 24.3 Å². The van der Waals surface area contributed by atoms with Crippen molar-refractivity contribution in [3.8, 4) is 17.2 Å². The molecule has 8 heteroatoms. The maximum absolute atomic E-state index is 11.4. The van der Waals surface area contributed by atoms with E-state index < -0.39 is 5.97 Å². The number of hydrogen-bond acceptors (Lipinski definition) is 7. The first kappa shape index (κ1) is 20.5. The van der Waals surface area contributed by atoms with Crippen LogP contribution >= 0.6 is 11.3 Å². The maximum atomic E-state index is 11.4. The normalized spacial score (nSPS) is 10.7. The van der Waals surface area contributed by atoms with E-state index in [9.17, 15) is 9.90 Å². The van der Waals surface area contributed by atoms with Crippen LogP contribution in [-0.2, 0) is 13.2 Å². The average molecular weight is 436 g/mol. The molecule has 0 aliphatic heterocycles. The highest BCUT2D eigenvalue weighted by atomic mass is 32.1. The molecule has 0 aliphatic carbocycles. The average Bonchev–Trinajstić information content (AvgIpc) is 3.21. The highest BCUT2D eigenvalue weighted by Gasteiger charge is 2.17. The number of hydrogen-bond donors (Lipinski definition) is 2. The van der Waals surface area contributed by atoms with Crippen LogP contribution in [0.2, 0.25) is 0 Å². The number of rotatable bonds is 8. The lowest BCUT2D eigenvalue weighted by Gasteiger charge is -2.11. The van der Waals surface area contributed by atoms with E-state index in [1.54, 1.807) is 13.2 Å². The van der Waals surface area contributed by atoms with Crippen molar-refractivity contribution in [3.63, 3.8) is 0 Å². The van der Waals surface area contributed by atoms with Gasteiger partial charge in [0.15, 0.2) is 0 Å². The van der Waals surface area contributed by atoms with Gasteiger partial charge >= 0.3 is 5.97 Å². The summed E-state index contributed by atoms with van der Waals surface area (Å²) in [7, 11) is 1.63. The summed E-state index contributed by atoms with van der Waals surface area (Å²) in [5.41, 5.74) is 7.86. The van der Waals surface area contributed by atoms with Gasteiger partial charge in [-0.3, -0.25) is 0 Å². The first-order chi connectivity index (χ1) is 15.1. The molecule has 158 valence electrons. The third-order valence-electron chi connectivity index (χ3n) is 4.72. The van der Waals surface area contributed by atoms with Crippen LogP contribution in [-0.4, -0.2) is 23.2 Å². The van der Waals surface area contributed by atoms with E-state index in [-0.39, 0.29) is 18.0 Å². The number of carboxylic acid groups (broad SMARTS) is 1. The minimum Gasteiger partial charge on any atom is -0.496 e. The van der Waals surface area contributed by atoms with E-state index in [0.717, 1.165) is 16.9 Å². The maximum Gasteiger partial charge on any atom is 0.338 e. The zero-order valence-electron chi connectivity index (χ0n) is 16.7. The number of fused-ring (bicyclic) bond motifs is 1. The smallest absolute Gasteiger partial charge is 0.338 e. The van der Waals surface area contributed by atoms with Crippen LogP contribution in [0.25, 0.3) is 10.1 Å². The minimum absolute atomic E-state index is 0.132. The van der Waals surface area contributed by atoms with Gasteiger partial charge < -0.3 is 25.1 Å². The van der Waals surface area contributed by atoms with Gasteiger partial charge in [0.2, 0.25) is 0 Å². The third kappa shape index (κ3) is 4.39. The molecule has 31 heavy (non-hydrogen) atoms. The number of thiophene rings is 1. The van der Waals surface area contributed by atoms with Gasteiger partial charge in [0.1, 0.15) is 36.3 Å². The number of nitrogen functional groups attached to an aromatic ring is 1. The summed E-state index contributed by atoms with van der Waals surface area (Å²) in [5, 5.41) is 11.8. The second-order valence-electron chi connectivity index (χ2n) is 6.69. The van der Waals surface area contributed by atoms with Crippen molar-refractivity contribution in [1.82, 2.24) is 4.98 Å². The van der Waals surface area contributed by atoms with Gasteiger partial charge in [-0.2, -0.15) is 0 Å². The summed E-state index contributed by atoms with van der Waals surface area (Å²) in [5.74, 6) is 1.30. The predicted molar refractivity (Wildman–Crippen MR) is 119 cm³/mol. The molecule has 2 aromatic carbocycles. The number of pyridine rings is 1. The molecule has 0 saturated heterocycles. The van der Waals surface area contributed by atoms with Crippen LogP contribution in [0.1, 0.15) is 21.5 Å². The Kier molecular flexibility index (Phi) is 5.90. The van der Waals surface area contributed by atoms with E-state index in [4.69, 9.17) is 19.9 Å². The van der Waals surface area contributed by atoms with Crippen molar-refractivity contribution >= 4 is 33.2 Å². The highest BCUT2D eigenvalue weighted by molar-refractivity contribution is 7.17. The summed E-state index contributed by atoms with van der Waals surface area (Å²) in [6.07, 6.45) is 1.28. The zero-order chi connectivity index (χ0) is 21.8. The van der Waals surface area contributed by atoms with E-state index in [1.165, 1.54) is 17.5 Å². The fourth-order valence-electron chi connectivity index (χ4n) is 3.19. The standard InChI is InChI=1S/C23H20N2O5S/c1-28-19-8-3-2-5-14(19)11-29-16-6-4-7-17(9-16)30-12-15-13-31-21-18(23(26)27)10-25-22(24)20(15)21/h2-10,13H,11-12H2,1H3,(H2,24,25)(H,26,27). The number of methoxy groups -OCH3 is 1. The predicted octanol–water partition coefficient (Wildman–Crippen LogP) is 4.74. The fraction of sp³-hybridized carbons (Fsp3) is 0.130. The SMILES string of the molecule is COc1ccccc1COc1cccc(OCc2csc3c(C(=O)O)cnc(N)c23)c1. The fourth-order valence-corrected chi connectivity index (χ4v) is 4.25. The Balaban J connectivity index is 1.48. The molecule has 2 aromatic heterocycles. The Morgan fingerprint density at radius 3 is 2.48 bits per heavy atom. The number of aromatic nitrogens is 1. The Morgan fingerprint density at radius 1 is 1.06 bits per heavy atom. The Labute approximate surface area is 182 Å². The number of benzene rings is 2. The monoisotopic (exact) mass is 436 g/mol. The molecule has 7 nitrogen and oxygen atoms in total. The Bertz CT molecular complexity index is 1240. The minimum atomic E-state index is -1.04. The summed E-state index contributed by atoms with van der Waals surface area (Å²) in [4.78, 5) is 15.4. The highest BCUT2D eigenvalue weighted by Crippen LogP contribution is 2.33. The van der Waals surface area contributed by atoms with Gasteiger partial charge in [-0.15, -0.1) is 11.3 Å². The lowest BCUT2D eigenvalue weighted by molar-refractivity contribution is 0.0699. The summed E-state index contributed by atoms with van der Waals surface area (Å²) < 4.78 is 17.8. The third-order valence-corrected chi connectivity index (χ3v) is 5.78. The molecule has 2 heterocycles. The van der Waals surface area contributed by atoms with Crippen molar-refractivity contribution in [2.75, 3.05) is 12.8 Å². The molecule has 0 aliphatic rings. The van der Waals surface area contributed by atoms with Crippen molar-refractivity contribution in [3.05, 3.63) is 76.8 Å². The first-order valence-corrected chi connectivity index (χ1v) is 10.3. The zero-order valence-corrected chi connectivity index (χ0v) is 17.5. The van der Waals surface area contributed by atoms with Crippen LogP contribution in [0, 0.1) is 0 Å². The second kappa shape index (κ2) is 8.93. The number of carbonyl (C=O) groups is 1. The molecule has 4 aromatic rings. The first-order valence-electron chi connectivity index (χ1n) is 9.42. The molecule has 0 radical (unpaired) electrons. The number of aromatic carboxylic acids is 1. The number of para-hydroxylation sites is 1. The Morgan fingerprint density at radius 2 is 1.77 bits per heavy atom. The number of nitrogens with two attached hydrogens (primary N) is 1. The van der Waals surface area contributed by atoms with E-state index in [0.29, 0.717) is 28.2 Å². The van der Waals surface area contributed by atoms with Gasteiger partial charge in [-0.05, 0) is 23.6 Å². The second-order valence-corrected chi connectivity index (χ2v) is 7.57. The number of ether oxygens (including phenoxy) is 3. The largest absolute Gasteiger partial charge is 0.496 e. The molecule has 0 spiro atoms. The molecule has 4 rings (SSSR count). The lowest BCUT2D eigenvalue weighted by atomic mass is 10.1. The lowest BCUT2D eigenvalue weighted by Crippen LogP contribution is -2.02. The van der Waals surface area contributed by atoms with Crippen LogP contribution in [0.4, 0.5) is 5.82 Å². The van der Waals surface area contributed by atoms with Crippen LogP contribution in [0.15, 0.2) is 60.1 Å².